The third kappa shape index (κ3) is 3.79. The Morgan fingerprint density at radius 2 is 1.94 bits per heavy atom. The molecule has 0 bridgehead atoms. The zero-order valence-corrected chi connectivity index (χ0v) is 9.93. The van der Waals surface area contributed by atoms with E-state index in [9.17, 15) is 14.7 Å². The van der Waals surface area contributed by atoms with Crippen molar-refractivity contribution in [2.24, 2.45) is 0 Å². The number of para-hydroxylation sites is 1. The summed E-state index contributed by atoms with van der Waals surface area (Å²) in [6.07, 6.45) is 0.242. The van der Waals surface area contributed by atoms with Gasteiger partial charge in [-0.3, -0.25) is 9.59 Å². The van der Waals surface area contributed by atoms with Crippen LogP contribution in [0.15, 0.2) is 24.3 Å². The number of carbonyl (C=O) groups excluding carboxylic acids is 2. The second kappa shape index (κ2) is 5.89. The first kappa shape index (κ1) is 13.0. The van der Waals surface area contributed by atoms with Crippen molar-refractivity contribution in [1.29, 1.82) is 0 Å². The van der Waals surface area contributed by atoms with E-state index in [4.69, 9.17) is 0 Å². The predicted octanol–water partition coefficient (Wildman–Crippen LogP) is 0.600. The van der Waals surface area contributed by atoms with Crippen LogP contribution < -0.4 is 5.32 Å². The highest BCUT2D eigenvalue weighted by atomic mass is 16.3. The lowest BCUT2D eigenvalue weighted by Gasteiger charge is -2.10. The lowest BCUT2D eigenvalue weighted by Crippen LogP contribution is -2.30. The Bertz CT molecular complexity index is 416. The van der Waals surface area contributed by atoms with Gasteiger partial charge in [-0.15, -0.1) is 0 Å². The molecule has 1 rings (SSSR count). The summed E-state index contributed by atoms with van der Waals surface area (Å²) in [7, 11) is 3.32. The lowest BCUT2D eigenvalue weighted by molar-refractivity contribution is -0.128. The Kier molecular flexibility index (Phi) is 4.51. The van der Waals surface area contributed by atoms with Crippen molar-refractivity contribution in [3.8, 4) is 5.75 Å². The minimum atomic E-state index is -0.380. The van der Waals surface area contributed by atoms with E-state index in [1.54, 1.807) is 26.2 Å². The van der Waals surface area contributed by atoms with Crippen LogP contribution in [0.4, 0.5) is 0 Å². The van der Waals surface area contributed by atoms with Crippen LogP contribution >= 0.6 is 0 Å². The van der Waals surface area contributed by atoms with Crippen molar-refractivity contribution in [3.63, 3.8) is 0 Å². The van der Waals surface area contributed by atoms with Gasteiger partial charge < -0.3 is 15.3 Å². The van der Waals surface area contributed by atoms with Gasteiger partial charge in [-0.25, -0.2) is 0 Å². The maximum Gasteiger partial charge on any atom is 0.255 e. The quantitative estimate of drug-likeness (QED) is 0.804. The summed E-state index contributed by atoms with van der Waals surface area (Å²) >= 11 is 0. The van der Waals surface area contributed by atoms with Crippen molar-refractivity contribution in [1.82, 2.24) is 10.2 Å². The number of amides is 2. The van der Waals surface area contributed by atoms with Gasteiger partial charge in [0, 0.05) is 27.1 Å². The number of nitrogens with one attached hydrogen (secondary N) is 1. The molecule has 0 aliphatic heterocycles. The van der Waals surface area contributed by atoms with Gasteiger partial charge in [0.25, 0.3) is 5.91 Å². The topological polar surface area (TPSA) is 69.6 Å². The molecule has 0 aliphatic carbocycles. The maximum atomic E-state index is 11.6. The molecule has 2 N–H and O–H groups in total. The van der Waals surface area contributed by atoms with Crippen LogP contribution in [-0.4, -0.2) is 42.5 Å². The SMILES string of the molecule is CN(C)C(=O)CCNC(=O)c1ccccc1O. The smallest absolute Gasteiger partial charge is 0.255 e. The highest BCUT2D eigenvalue weighted by molar-refractivity contribution is 5.96. The van der Waals surface area contributed by atoms with Gasteiger partial charge in [-0.1, -0.05) is 12.1 Å². The van der Waals surface area contributed by atoms with Crippen molar-refractivity contribution >= 4 is 11.8 Å². The van der Waals surface area contributed by atoms with E-state index in [-0.39, 0.29) is 36.1 Å². The molecule has 5 nitrogen and oxygen atoms in total. The fourth-order valence-corrected chi connectivity index (χ4v) is 1.27. The van der Waals surface area contributed by atoms with Gasteiger partial charge in [0.05, 0.1) is 5.56 Å². The van der Waals surface area contributed by atoms with Crippen molar-refractivity contribution in [2.75, 3.05) is 20.6 Å². The van der Waals surface area contributed by atoms with Crippen LogP contribution in [0, 0.1) is 0 Å². The third-order valence-electron chi connectivity index (χ3n) is 2.27. The standard InChI is InChI=1S/C12H16N2O3/c1-14(2)11(16)7-8-13-12(17)9-5-3-4-6-10(9)15/h3-6,15H,7-8H2,1-2H3,(H,13,17). The van der Waals surface area contributed by atoms with Gasteiger partial charge in [-0.2, -0.15) is 0 Å². The first-order valence-corrected chi connectivity index (χ1v) is 5.28. The zero-order valence-electron chi connectivity index (χ0n) is 9.93. The van der Waals surface area contributed by atoms with Gasteiger partial charge in [0.15, 0.2) is 0 Å². The normalized spacial score (nSPS) is 9.76. The van der Waals surface area contributed by atoms with Crippen LogP contribution in [0.1, 0.15) is 16.8 Å². The van der Waals surface area contributed by atoms with E-state index >= 15 is 0 Å². The Morgan fingerprint density at radius 1 is 1.29 bits per heavy atom. The summed E-state index contributed by atoms with van der Waals surface area (Å²) in [5, 5.41) is 12.0. The Labute approximate surface area is 100 Å². The summed E-state index contributed by atoms with van der Waals surface area (Å²) in [6.45, 7) is 0.254. The molecule has 0 spiro atoms. The molecular weight excluding hydrogens is 220 g/mol. The Morgan fingerprint density at radius 3 is 2.53 bits per heavy atom. The van der Waals surface area contributed by atoms with Gasteiger partial charge in [-0.05, 0) is 12.1 Å². The third-order valence-corrected chi connectivity index (χ3v) is 2.27. The van der Waals surface area contributed by atoms with Crippen LogP contribution in [0.3, 0.4) is 0 Å². The van der Waals surface area contributed by atoms with Gasteiger partial charge in [0.2, 0.25) is 5.91 Å². The molecule has 5 heteroatoms. The van der Waals surface area contributed by atoms with Gasteiger partial charge in [0.1, 0.15) is 5.75 Å². The number of aromatic hydroxyl groups is 1. The molecule has 0 saturated heterocycles. The molecule has 92 valence electrons. The van der Waals surface area contributed by atoms with E-state index in [2.05, 4.69) is 5.32 Å². The number of carbonyl (C=O) groups is 2. The maximum absolute atomic E-state index is 11.6. The predicted molar refractivity (Wildman–Crippen MR) is 63.8 cm³/mol. The second-order valence-electron chi connectivity index (χ2n) is 3.81. The van der Waals surface area contributed by atoms with Crippen LogP contribution in [0.5, 0.6) is 5.75 Å². The molecule has 0 unspecified atom stereocenters. The molecular formula is C12H16N2O3. The molecule has 0 fully saturated rings. The largest absolute Gasteiger partial charge is 0.507 e. The summed E-state index contributed by atoms with van der Waals surface area (Å²) in [6, 6.07) is 6.28. The average molecular weight is 236 g/mol. The number of hydrogen-bond donors (Lipinski definition) is 2. The van der Waals surface area contributed by atoms with Gasteiger partial charge >= 0.3 is 0 Å². The van der Waals surface area contributed by atoms with E-state index in [0.717, 1.165) is 0 Å². The summed E-state index contributed by atoms with van der Waals surface area (Å²) in [5.74, 6) is -0.499. The zero-order chi connectivity index (χ0) is 12.8. The highest BCUT2D eigenvalue weighted by Crippen LogP contribution is 2.14. The Balaban J connectivity index is 2.46. The fraction of sp³-hybridized carbons (Fsp3) is 0.333. The molecule has 1 aromatic rings. The van der Waals surface area contributed by atoms with E-state index < -0.39 is 0 Å². The van der Waals surface area contributed by atoms with Crippen LogP contribution in [-0.2, 0) is 4.79 Å². The number of benzene rings is 1. The second-order valence-corrected chi connectivity index (χ2v) is 3.81. The van der Waals surface area contributed by atoms with Crippen molar-refractivity contribution in [3.05, 3.63) is 29.8 Å². The minimum Gasteiger partial charge on any atom is -0.507 e. The van der Waals surface area contributed by atoms with E-state index in [1.807, 2.05) is 0 Å². The molecule has 0 radical (unpaired) electrons. The van der Waals surface area contributed by atoms with Crippen molar-refractivity contribution < 1.29 is 14.7 Å². The molecule has 1 aromatic carbocycles. The summed E-state index contributed by atoms with van der Waals surface area (Å²) in [4.78, 5) is 24.3. The van der Waals surface area contributed by atoms with E-state index in [0.29, 0.717) is 0 Å². The molecule has 2 amide bonds. The molecule has 17 heavy (non-hydrogen) atoms. The number of hydrogen-bond acceptors (Lipinski definition) is 3. The number of nitrogens with zero attached hydrogens (tertiary/aromatic N) is 1. The summed E-state index contributed by atoms with van der Waals surface area (Å²) < 4.78 is 0. The average Bonchev–Trinajstić information content (AvgIpc) is 2.29. The molecule has 0 atom stereocenters. The Hall–Kier alpha value is -2.04. The highest BCUT2D eigenvalue weighted by Gasteiger charge is 2.10. The van der Waals surface area contributed by atoms with E-state index in [1.165, 1.54) is 17.0 Å². The lowest BCUT2D eigenvalue weighted by atomic mass is 10.2. The summed E-state index contributed by atoms with van der Waals surface area (Å²) in [5.41, 5.74) is 0.213. The van der Waals surface area contributed by atoms with Crippen LogP contribution in [0.25, 0.3) is 0 Å². The molecule has 0 heterocycles. The fourth-order valence-electron chi connectivity index (χ4n) is 1.27. The van der Waals surface area contributed by atoms with Crippen LogP contribution in [0.2, 0.25) is 0 Å². The first-order valence-electron chi connectivity index (χ1n) is 5.28. The molecule has 0 aliphatic rings. The monoisotopic (exact) mass is 236 g/mol. The minimum absolute atomic E-state index is 0.0532. The number of rotatable bonds is 4. The number of phenols is 1. The van der Waals surface area contributed by atoms with Crippen molar-refractivity contribution in [2.45, 2.75) is 6.42 Å². The first-order chi connectivity index (χ1) is 8.02. The number of phenolic OH excluding ortho intramolecular Hbond substituents is 1. The molecule has 0 saturated carbocycles. The molecule has 0 aromatic heterocycles.